The highest BCUT2D eigenvalue weighted by Crippen LogP contribution is 2.10. The SMILES string of the molecule is O=C1C=C(Cl)C(=O)O1.O=C1C=CC(=O)O1. The van der Waals surface area contributed by atoms with Crippen LogP contribution in [0.25, 0.3) is 0 Å². The van der Waals surface area contributed by atoms with E-state index < -0.39 is 23.9 Å². The summed E-state index contributed by atoms with van der Waals surface area (Å²) in [5.41, 5.74) is 0. The second-order valence-electron chi connectivity index (χ2n) is 2.27. The van der Waals surface area contributed by atoms with E-state index in [1.807, 2.05) is 0 Å². The maximum atomic E-state index is 10.1. The molecule has 0 N–H and O–H groups in total. The lowest BCUT2D eigenvalue weighted by Crippen LogP contribution is -1.98. The molecule has 0 atom stereocenters. The molecule has 0 unspecified atom stereocenters. The number of ether oxygens (including phenoxy) is 2. The quantitative estimate of drug-likeness (QED) is 0.424. The highest BCUT2D eigenvalue weighted by Gasteiger charge is 2.20. The molecule has 7 heteroatoms. The summed E-state index contributed by atoms with van der Waals surface area (Å²) in [6, 6.07) is 0. The molecule has 0 aliphatic carbocycles. The van der Waals surface area contributed by atoms with Crippen LogP contribution in [0.3, 0.4) is 0 Å². The Hall–Kier alpha value is -1.95. The van der Waals surface area contributed by atoms with Crippen molar-refractivity contribution in [2.75, 3.05) is 0 Å². The van der Waals surface area contributed by atoms with Crippen molar-refractivity contribution in [3.63, 3.8) is 0 Å². The van der Waals surface area contributed by atoms with Crippen molar-refractivity contribution >= 4 is 35.5 Å². The second-order valence-corrected chi connectivity index (χ2v) is 2.68. The van der Waals surface area contributed by atoms with Crippen molar-refractivity contribution in [2.24, 2.45) is 0 Å². The highest BCUT2D eigenvalue weighted by molar-refractivity contribution is 6.44. The van der Waals surface area contributed by atoms with E-state index in [0.717, 1.165) is 18.2 Å². The molecule has 2 rings (SSSR count). The van der Waals surface area contributed by atoms with Crippen LogP contribution in [-0.2, 0) is 28.7 Å². The van der Waals surface area contributed by atoms with Gasteiger partial charge in [0.2, 0.25) is 0 Å². The van der Waals surface area contributed by atoms with Crippen LogP contribution in [0.4, 0.5) is 0 Å². The number of carbonyl (C=O) groups is 4. The topological polar surface area (TPSA) is 86.7 Å². The Morgan fingerprint density at radius 3 is 1.53 bits per heavy atom. The Morgan fingerprint density at radius 1 is 0.867 bits per heavy atom. The predicted octanol–water partition coefficient (Wildman–Crippen LogP) is -0.182. The van der Waals surface area contributed by atoms with Gasteiger partial charge in [-0.05, 0) is 0 Å². The van der Waals surface area contributed by atoms with Gasteiger partial charge < -0.3 is 9.47 Å². The van der Waals surface area contributed by atoms with E-state index in [2.05, 4.69) is 9.47 Å². The average molecular weight is 231 g/mol. The summed E-state index contributed by atoms with van der Waals surface area (Å²) < 4.78 is 7.94. The van der Waals surface area contributed by atoms with Crippen molar-refractivity contribution in [1.82, 2.24) is 0 Å². The van der Waals surface area contributed by atoms with Gasteiger partial charge in [0.15, 0.2) is 0 Å². The van der Waals surface area contributed by atoms with Crippen LogP contribution in [0.15, 0.2) is 23.3 Å². The summed E-state index contributed by atoms with van der Waals surface area (Å²) in [7, 11) is 0. The van der Waals surface area contributed by atoms with Crippen LogP contribution in [0, 0.1) is 0 Å². The van der Waals surface area contributed by atoms with Gasteiger partial charge in [0.1, 0.15) is 5.03 Å². The summed E-state index contributed by atoms with van der Waals surface area (Å²) in [4.78, 5) is 40.0. The Balaban J connectivity index is 0.000000151. The molecule has 0 aromatic heterocycles. The smallest absolute Gasteiger partial charge is 0.357 e. The van der Waals surface area contributed by atoms with Crippen molar-refractivity contribution < 1.29 is 28.7 Å². The van der Waals surface area contributed by atoms with E-state index in [0.29, 0.717) is 0 Å². The number of hydrogen-bond acceptors (Lipinski definition) is 6. The van der Waals surface area contributed by atoms with Gasteiger partial charge in [-0.1, -0.05) is 11.6 Å². The van der Waals surface area contributed by atoms with Crippen molar-refractivity contribution in [3.05, 3.63) is 23.3 Å². The maximum Gasteiger partial charge on any atom is 0.357 e. The Bertz CT molecular complexity index is 389. The van der Waals surface area contributed by atoms with E-state index in [1.165, 1.54) is 0 Å². The molecule has 6 nitrogen and oxygen atoms in total. The van der Waals surface area contributed by atoms with Crippen LogP contribution in [-0.4, -0.2) is 23.9 Å². The molecular weight excluding hydrogens is 228 g/mol. The number of cyclic esters (lactones) is 4. The average Bonchev–Trinajstić information content (AvgIpc) is 2.61. The number of carbonyl (C=O) groups excluding carboxylic acids is 4. The van der Waals surface area contributed by atoms with Crippen LogP contribution >= 0.6 is 11.6 Å². The van der Waals surface area contributed by atoms with Crippen LogP contribution < -0.4 is 0 Å². The molecule has 0 amide bonds. The molecule has 0 aromatic rings. The van der Waals surface area contributed by atoms with Gasteiger partial charge in [-0.3, -0.25) is 0 Å². The number of rotatable bonds is 0. The lowest BCUT2D eigenvalue weighted by Gasteiger charge is -1.82. The van der Waals surface area contributed by atoms with Crippen molar-refractivity contribution in [1.29, 1.82) is 0 Å². The first kappa shape index (κ1) is 11.1. The standard InChI is InChI=1S/C4HClO3.C4H2O3/c5-2-1-3(6)8-4(2)7;5-3-1-2-4(6)7-3/h1H;1-2H. The van der Waals surface area contributed by atoms with E-state index in [-0.39, 0.29) is 5.03 Å². The van der Waals surface area contributed by atoms with Gasteiger partial charge in [0.25, 0.3) is 0 Å². The molecule has 0 spiro atoms. The molecule has 0 aromatic carbocycles. The lowest BCUT2D eigenvalue weighted by atomic mass is 10.6. The van der Waals surface area contributed by atoms with Crippen LogP contribution in [0.5, 0.6) is 0 Å². The van der Waals surface area contributed by atoms with E-state index in [4.69, 9.17) is 11.6 Å². The zero-order chi connectivity index (χ0) is 11.4. The van der Waals surface area contributed by atoms with Gasteiger partial charge >= 0.3 is 23.9 Å². The van der Waals surface area contributed by atoms with E-state index in [9.17, 15) is 19.2 Å². The fourth-order valence-electron chi connectivity index (χ4n) is 0.635. The van der Waals surface area contributed by atoms with Crippen LogP contribution in [0.2, 0.25) is 0 Å². The molecule has 0 bridgehead atoms. The molecule has 2 aliphatic rings. The van der Waals surface area contributed by atoms with E-state index >= 15 is 0 Å². The summed E-state index contributed by atoms with van der Waals surface area (Å²) in [5.74, 6) is -2.62. The van der Waals surface area contributed by atoms with Gasteiger partial charge in [-0.25, -0.2) is 19.2 Å². The molecular formula is C8H3ClO6. The number of hydrogen-bond donors (Lipinski definition) is 0. The summed E-state index contributed by atoms with van der Waals surface area (Å²) in [6.07, 6.45) is 3.11. The third-order valence-electron chi connectivity index (χ3n) is 1.19. The second kappa shape index (κ2) is 4.52. The van der Waals surface area contributed by atoms with Crippen LogP contribution in [0.1, 0.15) is 0 Å². The first-order valence-corrected chi connectivity index (χ1v) is 3.94. The normalized spacial score (nSPS) is 18.1. The number of halogens is 1. The summed E-state index contributed by atoms with van der Waals surface area (Å²) >= 11 is 5.12. The third kappa shape index (κ3) is 3.35. The van der Waals surface area contributed by atoms with Gasteiger partial charge in [-0.15, -0.1) is 0 Å². The molecule has 15 heavy (non-hydrogen) atoms. The van der Waals surface area contributed by atoms with Crippen molar-refractivity contribution in [2.45, 2.75) is 0 Å². The first-order valence-electron chi connectivity index (χ1n) is 3.56. The molecule has 2 aliphatic heterocycles. The minimum absolute atomic E-state index is 0.157. The molecule has 0 radical (unpaired) electrons. The molecule has 78 valence electrons. The Labute approximate surface area is 88.1 Å². The lowest BCUT2D eigenvalue weighted by molar-refractivity contribution is -0.152. The first-order chi connectivity index (χ1) is 6.99. The van der Waals surface area contributed by atoms with Crippen molar-refractivity contribution in [3.8, 4) is 0 Å². The van der Waals surface area contributed by atoms with Gasteiger partial charge in [-0.2, -0.15) is 0 Å². The minimum Gasteiger partial charge on any atom is -0.387 e. The molecule has 2 heterocycles. The summed E-state index contributed by atoms with van der Waals surface area (Å²) in [5, 5.41) is -0.157. The Kier molecular flexibility index (Phi) is 3.35. The number of esters is 4. The predicted molar refractivity (Wildman–Crippen MR) is 45.3 cm³/mol. The van der Waals surface area contributed by atoms with Gasteiger partial charge in [0.05, 0.1) is 0 Å². The van der Waals surface area contributed by atoms with Gasteiger partial charge in [0, 0.05) is 18.2 Å². The summed E-state index contributed by atoms with van der Waals surface area (Å²) in [6.45, 7) is 0. The van der Waals surface area contributed by atoms with E-state index in [1.54, 1.807) is 0 Å². The Morgan fingerprint density at radius 2 is 1.40 bits per heavy atom. The molecule has 0 fully saturated rings. The maximum absolute atomic E-state index is 10.1. The molecule has 0 saturated heterocycles. The monoisotopic (exact) mass is 230 g/mol. The fraction of sp³-hybridized carbons (Fsp3) is 0. The molecule has 0 saturated carbocycles. The highest BCUT2D eigenvalue weighted by atomic mass is 35.5. The zero-order valence-electron chi connectivity index (χ0n) is 7.06. The zero-order valence-corrected chi connectivity index (χ0v) is 7.82. The fourth-order valence-corrected chi connectivity index (χ4v) is 0.763. The minimum atomic E-state index is -0.767. The largest absolute Gasteiger partial charge is 0.387 e. The third-order valence-corrected chi connectivity index (χ3v) is 1.45.